The number of hydrogen-bond acceptors (Lipinski definition) is 6. The Balaban J connectivity index is 1.86. The zero-order valence-corrected chi connectivity index (χ0v) is 17.6. The molecule has 0 aliphatic carbocycles. The monoisotopic (exact) mass is 402 g/mol. The van der Waals surface area contributed by atoms with E-state index in [2.05, 4.69) is 16.3 Å². The lowest BCUT2D eigenvalue weighted by atomic mass is 10.1. The molecular formula is C20H26N4O3S. The molecule has 3 rings (SSSR count). The molecule has 1 aromatic rings. The number of carbonyl (C=O) groups is 2. The van der Waals surface area contributed by atoms with Crippen LogP contribution in [0.5, 0.6) is 0 Å². The number of alkyl carbamates (subject to hydrolysis) is 1. The van der Waals surface area contributed by atoms with Gasteiger partial charge in [-0.05, 0) is 45.7 Å². The molecule has 2 aliphatic rings. The average Bonchev–Trinajstić information content (AvgIpc) is 3.12. The van der Waals surface area contributed by atoms with E-state index in [9.17, 15) is 14.9 Å². The van der Waals surface area contributed by atoms with E-state index in [1.807, 2.05) is 12.1 Å². The number of thioether (sulfide) groups is 1. The third-order valence-electron chi connectivity index (χ3n) is 4.73. The molecule has 0 saturated carbocycles. The Bertz CT molecular complexity index is 822. The van der Waals surface area contributed by atoms with Crippen LogP contribution in [-0.4, -0.2) is 49.5 Å². The van der Waals surface area contributed by atoms with Gasteiger partial charge in [0.25, 0.3) is 0 Å². The quantitative estimate of drug-likeness (QED) is 0.818. The van der Waals surface area contributed by atoms with Crippen LogP contribution in [0, 0.1) is 11.3 Å². The minimum atomic E-state index is -0.696. The molecule has 1 aromatic carbocycles. The number of hydrogen-bond donors (Lipinski definition) is 1. The summed E-state index contributed by atoms with van der Waals surface area (Å²) in [6.45, 7) is 7.17. The maximum atomic E-state index is 13.0. The molecule has 1 fully saturated rings. The molecule has 28 heavy (non-hydrogen) atoms. The number of nitriles is 1. The summed E-state index contributed by atoms with van der Waals surface area (Å²) < 4.78 is 5.29. The van der Waals surface area contributed by atoms with E-state index in [0.717, 1.165) is 42.2 Å². The van der Waals surface area contributed by atoms with E-state index in [4.69, 9.17) is 4.74 Å². The van der Waals surface area contributed by atoms with Crippen molar-refractivity contribution in [3.63, 3.8) is 0 Å². The van der Waals surface area contributed by atoms with Crippen molar-refractivity contribution in [1.82, 2.24) is 5.32 Å². The molecule has 0 radical (unpaired) electrons. The van der Waals surface area contributed by atoms with Crippen molar-refractivity contribution in [3.05, 3.63) is 17.7 Å². The van der Waals surface area contributed by atoms with Crippen LogP contribution in [0.1, 0.15) is 39.2 Å². The van der Waals surface area contributed by atoms with Crippen molar-refractivity contribution < 1.29 is 14.3 Å². The molecule has 7 nitrogen and oxygen atoms in total. The number of amides is 2. The third kappa shape index (κ3) is 4.36. The van der Waals surface area contributed by atoms with Crippen molar-refractivity contribution in [1.29, 1.82) is 5.26 Å². The maximum Gasteiger partial charge on any atom is 0.408 e. The second-order valence-electron chi connectivity index (χ2n) is 8.05. The molecular weight excluding hydrogens is 376 g/mol. The van der Waals surface area contributed by atoms with Crippen LogP contribution in [0.25, 0.3) is 0 Å². The standard InChI is InChI=1S/C20H26N4O3S/c1-20(2,3)27-19(26)22-14-12-28-17-9-13(11-21)15(24-7-5-6-8-24)10-16(17)23(4)18(14)25/h9-10,14H,5-8,12H2,1-4H3,(H,22,26)/t14-/m0/s1. The van der Waals surface area contributed by atoms with E-state index in [1.165, 1.54) is 11.8 Å². The van der Waals surface area contributed by atoms with Gasteiger partial charge in [-0.3, -0.25) is 4.79 Å². The smallest absolute Gasteiger partial charge is 0.408 e. The predicted molar refractivity (Wildman–Crippen MR) is 110 cm³/mol. The Labute approximate surface area is 170 Å². The zero-order valence-electron chi connectivity index (χ0n) is 16.7. The fourth-order valence-electron chi connectivity index (χ4n) is 3.39. The van der Waals surface area contributed by atoms with Gasteiger partial charge in [0, 0.05) is 30.8 Å². The molecule has 8 heteroatoms. The number of benzene rings is 1. The van der Waals surface area contributed by atoms with Gasteiger partial charge in [0.05, 0.1) is 16.9 Å². The highest BCUT2D eigenvalue weighted by molar-refractivity contribution is 7.99. The molecule has 0 spiro atoms. The molecule has 0 unspecified atom stereocenters. The third-order valence-corrected chi connectivity index (χ3v) is 5.87. The first-order valence-corrected chi connectivity index (χ1v) is 10.4. The highest BCUT2D eigenvalue weighted by Gasteiger charge is 2.32. The minimum Gasteiger partial charge on any atom is -0.444 e. The molecule has 150 valence electrons. The topological polar surface area (TPSA) is 85.7 Å². The fraction of sp³-hybridized carbons (Fsp3) is 0.550. The number of rotatable bonds is 2. The van der Waals surface area contributed by atoms with Crippen molar-refractivity contribution in [2.24, 2.45) is 0 Å². The summed E-state index contributed by atoms with van der Waals surface area (Å²) in [4.78, 5) is 29.7. The van der Waals surface area contributed by atoms with Crippen LogP contribution in [0.2, 0.25) is 0 Å². The zero-order chi connectivity index (χ0) is 20.5. The number of likely N-dealkylation sites (N-methyl/N-ethyl adjacent to an activating group) is 1. The maximum absolute atomic E-state index is 13.0. The number of nitrogens with zero attached hydrogens (tertiary/aromatic N) is 3. The van der Waals surface area contributed by atoms with Crippen LogP contribution in [0.4, 0.5) is 16.2 Å². The Morgan fingerprint density at radius 1 is 1.29 bits per heavy atom. The Kier molecular flexibility index (Phi) is 5.75. The van der Waals surface area contributed by atoms with Gasteiger partial charge in [0.2, 0.25) is 5.91 Å². The Morgan fingerprint density at radius 2 is 1.96 bits per heavy atom. The van der Waals surface area contributed by atoms with Gasteiger partial charge in [-0.25, -0.2) is 4.79 Å². The van der Waals surface area contributed by atoms with Crippen molar-refractivity contribution in [2.75, 3.05) is 35.7 Å². The summed E-state index contributed by atoms with van der Waals surface area (Å²) >= 11 is 1.46. The van der Waals surface area contributed by atoms with E-state index < -0.39 is 17.7 Å². The first kappa shape index (κ1) is 20.3. The van der Waals surface area contributed by atoms with Crippen molar-refractivity contribution >= 4 is 35.1 Å². The first-order chi connectivity index (χ1) is 13.2. The van der Waals surface area contributed by atoms with Gasteiger partial charge in [-0.1, -0.05) is 0 Å². The predicted octanol–water partition coefficient (Wildman–Crippen LogP) is 3.12. The fourth-order valence-corrected chi connectivity index (χ4v) is 4.51. The first-order valence-electron chi connectivity index (χ1n) is 9.42. The highest BCUT2D eigenvalue weighted by Crippen LogP contribution is 2.39. The number of ether oxygens (including phenoxy) is 1. The summed E-state index contributed by atoms with van der Waals surface area (Å²) in [6.07, 6.45) is 1.60. The summed E-state index contributed by atoms with van der Waals surface area (Å²) in [7, 11) is 1.70. The van der Waals surface area contributed by atoms with Gasteiger partial charge in [0.15, 0.2) is 0 Å². The van der Waals surface area contributed by atoms with Crippen molar-refractivity contribution in [2.45, 2.75) is 50.2 Å². The highest BCUT2D eigenvalue weighted by atomic mass is 32.2. The van der Waals surface area contributed by atoms with E-state index in [1.54, 1.807) is 32.7 Å². The van der Waals surface area contributed by atoms with Crippen LogP contribution in [0.3, 0.4) is 0 Å². The summed E-state index contributed by atoms with van der Waals surface area (Å²) in [5.41, 5.74) is 1.63. The van der Waals surface area contributed by atoms with Crippen LogP contribution >= 0.6 is 11.8 Å². The minimum absolute atomic E-state index is 0.200. The second kappa shape index (κ2) is 7.92. The molecule has 2 heterocycles. The van der Waals surface area contributed by atoms with Crippen LogP contribution < -0.4 is 15.1 Å². The lowest BCUT2D eigenvalue weighted by Crippen LogP contribution is -2.49. The second-order valence-corrected chi connectivity index (χ2v) is 9.11. The molecule has 0 aromatic heterocycles. The lowest BCUT2D eigenvalue weighted by Gasteiger charge is -2.25. The SMILES string of the molecule is CN1C(=O)[C@@H](NC(=O)OC(C)(C)C)CSc2cc(C#N)c(N3CCCC3)cc21. The average molecular weight is 403 g/mol. The lowest BCUT2D eigenvalue weighted by molar-refractivity contribution is -0.119. The number of nitrogens with one attached hydrogen (secondary N) is 1. The van der Waals surface area contributed by atoms with Crippen molar-refractivity contribution in [3.8, 4) is 6.07 Å². The molecule has 2 amide bonds. The Morgan fingerprint density at radius 3 is 2.57 bits per heavy atom. The van der Waals surface area contributed by atoms with Gasteiger partial charge in [-0.2, -0.15) is 5.26 Å². The molecule has 1 N–H and O–H groups in total. The van der Waals surface area contributed by atoms with Gasteiger partial charge in [-0.15, -0.1) is 11.8 Å². The molecule has 1 atom stereocenters. The molecule has 0 bridgehead atoms. The van der Waals surface area contributed by atoms with Gasteiger partial charge < -0.3 is 19.9 Å². The van der Waals surface area contributed by atoms with E-state index >= 15 is 0 Å². The number of anilines is 2. The van der Waals surface area contributed by atoms with Gasteiger partial charge in [0.1, 0.15) is 17.7 Å². The van der Waals surface area contributed by atoms with Crippen LogP contribution in [-0.2, 0) is 9.53 Å². The van der Waals surface area contributed by atoms with E-state index in [-0.39, 0.29) is 5.91 Å². The van der Waals surface area contributed by atoms with E-state index in [0.29, 0.717) is 11.3 Å². The van der Waals surface area contributed by atoms with Gasteiger partial charge >= 0.3 is 6.09 Å². The normalized spacial score (nSPS) is 19.7. The number of carbonyl (C=O) groups excluding carboxylic acids is 2. The molecule has 1 saturated heterocycles. The largest absolute Gasteiger partial charge is 0.444 e. The number of fused-ring (bicyclic) bond motifs is 1. The molecule has 2 aliphatic heterocycles. The summed E-state index contributed by atoms with van der Waals surface area (Å²) in [6, 6.07) is 5.38. The van der Waals surface area contributed by atoms with Crippen LogP contribution in [0.15, 0.2) is 17.0 Å². The summed E-state index contributed by atoms with van der Waals surface area (Å²) in [5, 5.41) is 12.3. The Hall–Kier alpha value is -2.40. The summed E-state index contributed by atoms with van der Waals surface area (Å²) in [5.74, 6) is 0.178.